The molecule has 0 saturated carbocycles. The Labute approximate surface area is 182 Å². The molecule has 0 aliphatic rings. The van der Waals surface area contributed by atoms with Crippen LogP contribution in [0, 0.1) is 28.2 Å². The molecule has 0 spiro atoms. The minimum atomic E-state index is -1.00. The van der Waals surface area contributed by atoms with Crippen molar-refractivity contribution in [3.63, 3.8) is 0 Å². The molecule has 0 fully saturated rings. The second-order valence-corrected chi connectivity index (χ2v) is 5.49. The fraction of sp³-hybridized carbons (Fsp3) is 0.737. The number of ether oxygens (including phenoxy) is 4. The summed E-state index contributed by atoms with van der Waals surface area (Å²) in [6.07, 6.45) is 1.10. The fourth-order valence-electron chi connectivity index (χ4n) is 1.69. The van der Waals surface area contributed by atoms with E-state index in [1.807, 2.05) is 0 Å². The molecule has 1 radical (unpaired) electrons. The van der Waals surface area contributed by atoms with E-state index in [4.69, 9.17) is 19.3 Å². The van der Waals surface area contributed by atoms with Crippen LogP contribution in [-0.4, -0.2) is 88.3 Å². The standard InChI is InChI=1S/C16H31NO7.3CH3.Cu/c1-4-14(2)13-24-10-9-23-8-7-22-6-5-17(11-15(18)19)12-16(20)21-3;;;;/h14H,4-13H2,1-3H3,(H,18,19);3*1H3;/q;3*-1;. The van der Waals surface area contributed by atoms with Crippen LogP contribution in [0.5, 0.6) is 0 Å². The third kappa shape index (κ3) is 25.3. The van der Waals surface area contributed by atoms with E-state index in [9.17, 15) is 9.59 Å². The molecule has 0 amide bonds. The van der Waals surface area contributed by atoms with Crippen molar-refractivity contribution < 1.29 is 50.7 Å². The van der Waals surface area contributed by atoms with Crippen LogP contribution in [-0.2, 0) is 45.6 Å². The Morgan fingerprint density at radius 1 is 0.929 bits per heavy atom. The SMILES string of the molecule is CCC(C)COCCOCCOCCN(CC(=O)O)CC(=O)OC.[CH3-].[CH3-].[CH3-].[Cu]. The van der Waals surface area contributed by atoms with Gasteiger partial charge in [0, 0.05) is 30.2 Å². The Morgan fingerprint density at radius 2 is 1.43 bits per heavy atom. The minimum absolute atomic E-state index is 0. The smallest absolute Gasteiger partial charge is 0.319 e. The molecule has 1 atom stereocenters. The van der Waals surface area contributed by atoms with Crippen molar-refractivity contribution in [1.82, 2.24) is 4.90 Å². The van der Waals surface area contributed by atoms with Gasteiger partial charge in [0.05, 0.1) is 53.2 Å². The molecule has 0 aliphatic carbocycles. The molecule has 0 aromatic carbocycles. The molecule has 0 aromatic heterocycles. The van der Waals surface area contributed by atoms with Crippen molar-refractivity contribution in [2.75, 3.05) is 66.4 Å². The average molecular weight is 458 g/mol. The summed E-state index contributed by atoms with van der Waals surface area (Å²) < 4.78 is 20.7. The zero-order valence-corrected chi connectivity index (χ0v) is 19.2. The number of carbonyl (C=O) groups excluding carboxylic acids is 1. The van der Waals surface area contributed by atoms with Gasteiger partial charge in [-0.05, 0) is 5.92 Å². The van der Waals surface area contributed by atoms with E-state index in [2.05, 4.69) is 18.6 Å². The number of hydrogen-bond donors (Lipinski definition) is 1. The third-order valence-electron chi connectivity index (χ3n) is 3.33. The van der Waals surface area contributed by atoms with E-state index in [0.29, 0.717) is 45.5 Å². The molecule has 1 unspecified atom stereocenters. The van der Waals surface area contributed by atoms with Crippen LogP contribution in [0.15, 0.2) is 0 Å². The Kier molecular flexibility index (Phi) is 35.7. The van der Waals surface area contributed by atoms with Crippen molar-refractivity contribution >= 4 is 11.9 Å². The minimum Gasteiger partial charge on any atom is -0.480 e. The maximum Gasteiger partial charge on any atom is 0.319 e. The van der Waals surface area contributed by atoms with Crippen LogP contribution in [0.25, 0.3) is 0 Å². The van der Waals surface area contributed by atoms with Crippen LogP contribution >= 0.6 is 0 Å². The van der Waals surface area contributed by atoms with E-state index >= 15 is 0 Å². The zero-order chi connectivity index (χ0) is 18.2. The monoisotopic (exact) mass is 457 g/mol. The van der Waals surface area contributed by atoms with Crippen molar-refractivity contribution in [1.29, 1.82) is 0 Å². The van der Waals surface area contributed by atoms with Crippen LogP contribution in [0.2, 0.25) is 0 Å². The van der Waals surface area contributed by atoms with Gasteiger partial charge >= 0.3 is 11.9 Å². The van der Waals surface area contributed by atoms with Crippen LogP contribution in [0.4, 0.5) is 0 Å². The molecule has 0 rings (SSSR count). The molecule has 1 N–H and O–H groups in total. The first kappa shape index (κ1) is 38.0. The molecular weight excluding hydrogens is 418 g/mol. The molecule has 0 aromatic rings. The van der Waals surface area contributed by atoms with Gasteiger partial charge in [-0.3, -0.25) is 14.5 Å². The number of aliphatic carboxylic acids is 1. The van der Waals surface area contributed by atoms with Gasteiger partial charge in [-0.2, -0.15) is 0 Å². The number of carboxylic acids is 1. The van der Waals surface area contributed by atoms with Gasteiger partial charge in [0.2, 0.25) is 0 Å². The Hall–Kier alpha value is -0.701. The summed E-state index contributed by atoms with van der Waals surface area (Å²) in [5, 5.41) is 8.80. The maximum atomic E-state index is 11.2. The van der Waals surface area contributed by atoms with Gasteiger partial charge in [0.15, 0.2) is 0 Å². The quantitative estimate of drug-likeness (QED) is 0.163. The molecule has 0 bridgehead atoms. The molecule has 0 saturated heterocycles. The number of nitrogens with zero attached hydrogens (tertiary/aromatic N) is 1. The topological polar surface area (TPSA) is 94.5 Å². The Morgan fingerprint density at radius 3 is 1.89 bits per heavy atom. The summed E-state index contributed by atoms with van der Waals surface area (Å²) in [6, 6.07) is 0. The Bertz CT molecular complexity index is 346. The predicted molar refractivity (Wildman–Crippen MR) is 107 cm³/mol. The molecule has 0 aliphatic heterocycles. The first-order chi connectivity index (χ1) is 11.5. The summed E-state index contributed by atoms with van der Waals surface area (Å²) in [5.74, 6) is -0.913. The van der Waals surface area contributed by atoms with E-state index in [1.54, 1.807) is 0 Å². The summed E-state index contributed by atoms with van der Waals surface area (Å²) in [6.45, 7) is 7.30. The zero-order valence-electron chi connectivity index (χ0n) is 18.3. The van der Waals surface area contributed by atoms with E-state index in [0.717, 1.165) is 13.0 Å². The Balaban J connectivity index is -0.000000441. The van der Waals surface area contributed by atoms with Gasteiger partial charge in [-0.15, -0.1) is 0 Å². The number of esters is 1. The van der Waals surface area contributed by atoms with Gasteiger partial charge in [0.1, 0.15) is 0 Å². The number of carboxylic acid groups (broad SMARTS) is 1. The van der Waals surface area contributed by atoms with Crippen molar-refractivity contribution in [2.45, 2.75) is 20.3 Å². The summed E-state index contributed by atoms with van der Waals surface area (Å²) in [7, 11) is 1.27. The van der Waals surface area contributed by atoms with E-state index in [-0.39, 0.29) is 52.4 Å². The predicted octanol–water partition coefficient (Wildman–Crippen LogP) is 1.99. The number of methoxy groups -OCH3 is 1. The second kappa shape index (κ2) is 26.3. The summed E-state index contributed by atoms with van der Waals surface area (Å²) in [5.41, 5.74) is 0. The average Bonchev–Trinajstić information content (AvgIpc) is 2.55. The van der Waals surface area contributed by atoms with Crippen LogP contribution < -0.4 is 0 Å². The normalized spacial score (nSPS) is 10.6. The van der Waals surface area contributed by atoms with Crippen LogP contribution in [0.1, 0.15) is 20.3 Å². The van der Waals surface area contributed by atoms with Gasteiger partial charge in [-0.25, -0.2) is 0 Å². The van der Waals surface area contributed by atoms with Crippen molar-refractivity contribution in [3.05, 3.63) is 22.3 Å². The van der Waals surface area contributed by atoms with E-state index in [1.165, 1.54) is 12.0 Å². The van der Waals surface area contributed by atoms with Gasteiger partial charge in [-0.1, -0.05) is 20.3 Å². The first-order valence-corrected chi connectivity index (χ1v) is 8.23. The fourth-order valence-corrected chi connectivity index (χ4v) is 1.69. The molecular formula is C19H40CuNO7-3. The van der Waals surface area contributed by atoms with E-state index < -0.39 is 11.9 Å². The summed E-state index contributed by atoms with van der Waals surface area (Å²) >= 11 is 0. The van der Waals surface area contributed by atoms with Crippen molar-refractivity contribution in [2.24, 2.45) is 5.92 Å². The molecule has 28 heavy (non-hydrogen) atoms. The molecule has 9 heteroatoms. The number of rotatable bonds is 16. The van der Waals surface area contributed by atoms with Gasteiger partial charge < -0.3 is 46.3 Å². The molecule has 0 heterocycles. The number of carbonyl (C=O) groups is 2. The van der Waals surface area contributed by atoms with Crippen molar-refractivity contribution in [3.8, 4) is 0 Å². The second-order valence-electron chi connectivity index (χ2n) is 5.49. The largest absolute Gasteiger partial charge is 0.480 e. The van der Waals surface area contributed by atoms with Gasteiger partial charge in [0.25, 0.3) is 0 Å². The summed E-state index contributed by atoms with van der Waals surface area (Å²) in [4.78, 5) is 23.4. The first-order valence-electron chi connectivity index (χ1n) is 8.23. The third-order valence-corrected chi connectivity index (χ3v) is 3.33. The maximum absolute atomic E-state index is 11.2. The molecule has 177 valence electrons. The number of hydrogen-bond acceptors (Lipinski definition) is 7. The van der Waals surface area contributed by atoms with Crippen LogP contribution in [0.3, 0.4) is 0 Å². The molecule has 8 nitrogen and oxygen atoms in total.